The van der Waals surface area contributed by atoms with Crippen molar-refractivity contribution in [1.29, 1.82) is 0 Å². The molecule has 0 unspecified atom stereocenters. The zero-order chi connectivity index (χ0) is 16.2. The van der Waals surface area contributed by atoms with Crippen molar-refractivity contribution in [3.8, 4) is 0 Å². The Balaban J connectivity index is 1.91. The van der Waals surface area contributed by atoms with E-state index in [4.69, 9.17) is 9.47 Å². The van der Waals surface area contributed by atoms with Crippen LogP contribution in [0.2, 0.25) is 0 Å². The lowest BCUT2D eigenvalue weighted by Crippen LogP contribution is -2.38. The third kappa shape index (κ3) is 2.96. The Kier molecular flexibility index (Phi) is 4.39. The number of rotatable bonds is 4. The first-order chi connectivity index (χ1) is 11.2. The molecule has 1 fully saturated rings. The first-order valence-electron chi connectivity index (χ1n) is 7.35. The highest BCUT2D eigenvalue weighted by Gasteiger charge is 2.42. The van der Waals surface area contributed by atoms with Gasteiger partial charge in [0.15, 0.2) is 6.10 Å². The highest BCUT2D eigenvalue weighted by molar-refractivity contribution is 5.96. The lowest BCUT2D eigenvalue weighted by atomic mass is 10.0. The summed E-state index contributed by atoms with van der Waals surface area (Å²) in [6, 6.07) is 18.0. The minimum atomic E-state index is -0.840. The monoisotopic (exact) mass is 311 g/mol. The van der Waals surface area contributed by atoms with Crippen molar-refractivity contribution in [2.75, 3.05) is 13.7 Å². The number of carbonyl (C=O) groups excluding carboxylic acids is 2. The molecule has 0 aliphatic carbocycles. The van der Waals surface area contributed by atoms with Gasteiger partial charge >= 0.3 is 6.09 Å². The van der Waals surface area contributed by atoms with E-state index < -0.39 is 24.1 Å². The first-order valence-corrected chi connectivity index (χ1v) is 7.35. The molecule has 5 heteroatoms. The maximum absolute atomic E-state index is 12.9. The molecule has 5 nitrogen and oxygen atoms in total. The third-order valence-electron chi connectivity index (χ3n) is 3.86. The number of nitrogens with zero attached hydrogens (tertiary/aromatic N) is 1. The predicted octanol–water partition coefficient (Wildman–Crippen LogP) is 3.09. The molecule has 2 aromatic rings. The van der Waals surface area contributed by atoms with Gasteiger partial charge in [0.2, 0.25) is 0 Å². The summed E-state index contributed by atoms with van der Waals surface area (Å²) in [5.74, 6) is -0.421. The number of cyclic esters (lactones) is 1. The standard InChI is InChI=1S/C18H17NO4/c1-22-16(14-10-6-3-7-11-14)17(20)19-15(12-23-18(19)21)13-8-4-2-5-9-13/h2-11,15-16H,12H2,1H3/t15-,16-/m1/s1. The zero-order valence-corrected chi connectivity index (χ0v) is 12.7. The van der Waals surface area contributed by atoms with E-state index in [0.717, 1.165) is 10.5 Å². The number of amides is 2. The molecule has 0 N–H and O–H groups in total. The Morgan fingerprint density at radius 1 is 1.13 bits per heavy atom. The van der Waals surface area contributed by atoms with Gasteiger partial charge in [-0.1, -0.05) is 60.7 Å². The molecule has 23 heavy (non-hydrogen) atoms. The molecule has 1 aliphatic rings. The van der Waals surface area contributed by atoms with Crippen LogP contribution in [-0.4, -0.2) is 30.6 Å². The highest BCUT2D eigenvalue weighted by atomic mass is 16.6. The topological polar surface area (TPSA) is 55.8 Å². The van der Waals surface area contributed by atoms with Crippen LogP contribution in [0.15, 0.2) is 60.7 Å². The van der Waals surface area contributed by atoms with Gasteiger partial charge in [-0.25, -0.2) is 9.69 Å². The Morgan fingerprint density at radius 3 is 2.35 bits per heavy atom. The van der Waals surface area contributed by atoms with E-state index in [1.807, 2.05) is 48.5 Å². The fourth-order valence-electron chi connectivity index (χ4n) is 2.72. The van der Waals surface area contributed by atoms with Gasteiger partial charge in [0.25, 0.3) is 5.91 Å². The largest absolute Gasteiger partial charge is 0.446 e. The van der Waals surface area contributed by atoms with Crippen molar-refractivity contribution in [1.82, 2.24) is 4.90 Å². The summed E-state index contributed by atoms with van der Waals surface area (Å²) in [5, 5.41) is 0. The van der Waals surface area contributed by atoms with E-state index in [-0.39, 0.29) is 6.61 Å². The van der Waals surface area contributed by atoms with E-state index in [0.29, 0.717) is 5.56 Å². The zero-order valence-electron chi connectivity index (χ0n) is 12.7. The summed E-state index contributed by atoms with van der Waals surface area (Å²) in [5.41, 5.74) is 1.56. The Labute approximate surface area is 134 Å². The Bertz CT molecular complexity index is 687. The minimum Gasteiger partial charge on any atom is -0.446 e. The molecule has 2 aromatic carbocycles. The number of carbonyl (C=O) groups is 2. The smallest absolute Gasteiger partial charge is 0.417 e. The lowest BCUT2D eigenvalue weighted by Gasteiger charge is -2.24. The fraction of sp³-hybridized carbons (Fsp3) is 0.222. The van der Waals surface area contributed by atoms with E-state index in [9.17, 15) is 9.59 Å². The molecule has 118 valence electrons. The van der Waals surface area contributed by atoms with Gasteiger partial charge in [0.05, 0.1) is 0 Å². The summed E-state index contributed by atoms with van der Waals surface area (Å²) in [6.07, 6.45) is -1.48. The van der Waals surface area contributed by atoms with Crippen molar-refractivity contribution >= 4 is 12.0 Å². The van der Waals surface area contributed by atoms with Crippen LogP contribution in [0.3, 0.4) is 0 Å². The van der Waals surface area contributed by atoms with E-state index in [1.54, 1.807) is 12.1 Å². The molecule has 0 bridgehead atoms. The lowest BCUT2D eigenvalue weighted by molar-refractivity contribution is -0.140. The molecule has 2 atom stereocenters. The Morgan fingerprint density at radius 2 is 1.74 bits per heavy atom. The number of hydrogen-bond acceptors (Lipinski definition) is 4. The number of imide groups is 1. The maximum atomic E-state index is 12.9. The van der Waals surface area contributed by atoms with Gasteiger partial charge < -0.3 is 9.47 Å². The van der Waals surface area contributed by atoms with Crippen LogP contribution < -0.4 is 0 Å². The van der Waals surface area contributed by atoms with Crippen molar-refractivity contribution in [2.24, 2.45) is 0 Å². The predicted molar refractivity (Wildman–Crippen MR) is 83.6 cm³/mol. The molecular formula is C18H17NO4. The van der Waals surface area contributed by atoms with E-state index >= 15 is 0 Å². The summed E-state index contributed by atoms with van der Waals surface area (Å²) in [6.45, 7) is 0.153. The fourth-order valence-corrected chi connectivity index (χ4v) is 2.72. The van der Waals surface area contributed by atoms with Crippen molar-refractivity contribution in [2.45, 2.75) is 12.1 Å². The molecule has 0 spiro atoms. The average molecular weight is 311 g/mol. The molecule has 2 amide bonds. The molecule has 1 heterocycles. The molecule has 3 rings (SSSR count). The van der Waals surface area contributed by atoms with Crippen LogP contribution in [0.25, 0.3) is 0 Å². The normalized spacial score (nSPS) is 18.6. The second kappa shape index (κ2) is 6.62. The van der Waals surface area contributed by atoms with Crippen molar-refractivity contribution < 1.29 is 19.1 Å². The summed E-state index contributed by atoms with van der Waals surface area (Å²) < 4.78 is 10.4. The van der Waals surface area contributed by atoms with Crippen molar-refractivity contribution in [3.05, 3.63) is 71.8 Å². The van der Waals surface area contributed by atoms with E-state index in [1.165, 1.54) is 7.11 Å². The van der Waals surface area contributed by atoms with Crippen LogP contribution in [0.1, 0.15) is 23.3 Å². The third-order valence-corrected chi connectivity index (χ3v) is 3.86. The van der Waals surface area contributed by atoms with Crippen LogP contribution in [0.5, 0.6) is 0 Å². The second-order valence-electron chi connectivity index (χ2n) is 5.24. The van der Waals surface area contributed by atoms with Gasteiger partial charge in [0.1, 0.15) is 12.6 Å². The van der Waals surface area contributed by atoms with Gasteiger partial charge in [-0.2, -0.15) is 0 Å². The average Bonchev–Trinajstić information content (AvgIpc) is 2.99. The summed E-state index contributed by atoms with van der Waals surface area (Å²) in [7, 11) is 1.45. The highest BCUT2D eigenvalue weighted by Crippen LogP contribution is 2.31. The Hall–Kier alpha value is -2.66. The summed E-state index contributed by atoms with van der Waals surface area (Å²) >= 11 is 0. The second-order valence-corrected chi connectivity index (χ2v) is 5.24. The van der Waals surface area contributed by atoms with Gasteiger partial charge in [-0.3, -0.25) is 4.79 Å². The molecular weight excluding hydrogens is 294 g/mol. The van der Waals surface area contributed by atoms with Crippen LogP contribution >= 0.6 is 0 Å². The molecule has 1 saturated heterocycles. The molecule has 1 aliphatic heterocycles. The van der Waals surface area contributed by atoms with Gasteiger partial charge in [0, 0.05) is 7.11 Å². The van der Waals surface area contributed by atoms with Crippen LogP contribution in [-0.2, 0) is 14.3 Å². The summed E-state index contributed by atoms with van der Waals surface area (Å²) in [4.78, 5) is 26.1. The van der Waals surface area contributed by atoms with Gasteiger partial charge in [-0.05, 0) is 11.1 Å². The SMILES string of the molecule is CO[C@@H](C(=O)N1C(=O)OC[C@@H]1c1ccccc1)c1ccccc1. The van der Waals surface area contributed by atoms with Crippen LogP contribution in [0.4, 0.5) is 4.79 Å². The minimum absolute atomic E-state index is 0.153. The number of methoxy groups -OCH3 is 1. The number of benzene rings is 2. The quantitative estimate of drug-likeness (QED) is 0.870. The molecule has 0 aromatic heterocycles. The molecule has 0 saturated carbocycles. The van der Waals surface area contributed by atoms with Gasteiger partial charge in [-0.15, -0.1) is 0 Å². The van der Waals surface area contributed by atoms with Crippen molar-refractivity contribution in [3.63, 3.8) is 0 Å². The van der Waals surface area contributed by atoms with Crippen LogP contribution in [0, 0.1) is 0 Å². The molecule has 0 radical (unpaired) electrons. The number of hydrogen-bond donors (Lipinski definition) is 0. The van der Waals surface area contributed by atoms with E-state index in [2.05, 4.69) is 0 Å². The first kappa shape index (κ1) is 15.2. The number of ether oxygens (including phenoxy) is 2. The maximum Gasteiger partial charge on any atom is 0.417 e.